The van der Waals surface area contributed by atoms with E-state index in [1.165, 1.54) is 25.7 Å². The summed E-state index contributed by atoms with van der Waals surface area (Å²) in [5.41, 5.74) is 1.42. The summed E-state index contributed by atoms with van der Waals surface area (Å²) in [6, 6.07) is 0. The highest BCUT2D eigenvalue weighted by Gasteiger charge is 2.17. The molecule has 0 aromatic carbocycles. The van der Waals surface area contributed by atoms with Crippen molar-refractivity contribution in [3.63, 3.8) is 0 Å². The lowest BCUT2D eigenvalue weighted by atomic mass is 10.1. The molecule has 0 saturated heterocycles. The fraction of sp³-hybridized carbons (Fsp3) is 0.615. The van der Waals surface area contributed by atoms with E-state index in [-0.39, 0.29) is 0 Å². The minimum absolute atomic E-state index is 0.573. The molecule has 2 aromatic heterocycles. The molecule has 1 saturated carbocycles. The first kappa shape index (κ1) is 12.2. The highest BCUT2D eigenvalue weighted by molar-refractivity contribution is 5.76. The predicted molar refractivity (Wildman–Crippen MR) is 73.3 cm³/mol. The molecule has 0 atom stereocenters. The molecule has 0 aliphatic heterocycles. The molecule has 6 heteroatoms. The predicted octanol–water partition coefficient (Wildman–Crippen LogP) is 2.35. The maximum Gasteiger partial charge on any atom is 0.245 e. The molecule has 0 amide bonds. The first-order valence-electron chi connectivity index (χ1n) is 6.94. The van der Waals surface area contributed by atoms with Gasteiger partial charge in [-0.3, -0.25) is 0 Å². The number of aromatic amines is 1. The Morgan fingerprint density at radius 2 is 2.21 bits per heavy atom. The normalized spacial score (nSPS) is 16.1. The first-order valence-corrected chi connectivity index (χ1v) is 6.94. The zero-order valence-electron chi connectivity index (χ0n) is 11.1. The van der Waals surface area contributed by atoms with E-state index in [1.54, 1.807) is 6.33 Å². The Kier molecular flexibility index (Phi) is 3.48. The molecule has 2 heterocycles. The molecule has 1 aliphatic carbocycles. The van der Waals surface area contributed by atoms with Crippen molar-refractivity contribution in [1.29, 1.82) is 0 Å². The van der Waals surface area contributed by atoms with Crippen LogP contribution in [0.4, 0.5) is 5.95 Å². The van der Waals surface area contributed by atoms with Crippen molar-refractivity contribution in [2.75, 3.05) is 18.5 Å². The average Bonchev–Trinajstić information content (AvgIpc) is 3.07. The first-order chi connectivity index (χ1) is 9.36. The number of nitrogens with zero attached hydrogens (tertiary/aromatic N) is 3. The number of anilines is 1. The third-order valence-electron chi connectivity index (χ3n) is 3.52. The van der Waals surface area contributed by atoms with E-state index in [2.05, 4.69) is 25.3 Å². The fourth-order valence-corrected chi connectivity index (χ4v) is 2.52. The fourth-order valence-electron chi connectivity index (χ4n) is 2.52. The lowest BCUT2D eigenvalue weighted by Crippen LogP contribution is -2.11. The second-order valence-electron chi connectivity index (χ2n) is 4.95. The van der Waals surface area contributed by atoms with E-state index < -0.39 is 0 Å². The van der Waals surface area contributed by atoms with Gasteiger partial charge in [0.25, 0.3) is 0 Å². The van der Waals surface area contributed by atoms with Gasteiger partial charge in [-0.15, -0.1) is 0 Å². The van der Waals surface area contributed by atoms with Crippen molar-refractivity contribution < 1.29 is 4.74 Å². The number of imidazole rings is 1. The molecule has 0 bridgehead atoms. The monoisotopic (exact) mass is 261 g/mol. The molecule has 19 heavy (non-hydrogen) atoms. The molecule has 102 valence electrons. The van der Waals surface area contributed by atoms with Crippen molar-refractivity contribution in [3.8, 4) is 5.88 Å². The Balaban J connectivity index is 1.80. The van der Waals surface area contributed by atoms with E-state index in [0.717, 1.165) is 18.7 Å². The van der Waals surface area contributed by atoms with Crippen molar-refractivity contribution in [2.45, 2.75) is 32.6 Å². The molecule has 0 radical (unpaired) electrons. The summed E-state index contributed by atoms with van der Waals surface area (Å²) in [4.78, 5) is 15.9. The van der Waals surface area contributed by atoms with Crippen LogP contribution in [0.1, 0.15) is 32.6 Å². The van der Waals surface area contributed by atoms with Crippen LogP contribution in [0.2, 0.25) is 0 Å². The Bertz CT molecular complexity index is 547. The van der Waals surface area contributed by atoms with E-state index in [4.69, 9.17) is 4.74 Å². The SMILES string of the molecule is CCNc1nc(OCC2CCCC2)c2[nH]cnc2n1. The molecule has 1 aliphatic rings. The quantitative estimate of drug-likeness (QED) is 0.864. The summed E-state index contributed by atoms with van der Waals surface area (Å²) >= 11 is 0. The van der Waals surface area contributed by atoms with Gasteiger partial charge in [0.2, 0.25) is 11.8 Å². The minimum Gasteiger partial charge on any atom is -0.476 e. The maximum absolute atomic E-state index is 5.89. The lowest BCUT2D eigenvalue weighted by Gasteiger charge is -2.11. The van der Waals surface area contributed by atoms with Gasteiger partial charge in [-0.25, -0.2) is 4.98 Å². The van der Waals surface area contributed by atoms with Gasteiger partial charge in [0.15, 0.2) is 5.65 Å². The molecular weight excluding hydrogens is 242 g/mol. The number of rotatable bonds is 5. The number of nitrogens with one attached hydrogen (secondary N) is 2. The smallest absolute Gasteiger partial charge is 0.245 e. The molecule has 0 spiro atoms. The highest BCUT2D eigenvalue weighted by Crippen LogP contribution is 2.27. The topological polar surface area (TPSA) is 75.7 Å². The molecule has 1 fully saturated rings. The van der Waals surface area contributed by atoms with Gasteiger partial charge in [-0.05, 0) is 25.7 Å². The number of fused-ring (bicyclic) bond motifs is 1. The summed E-state index contributed by atoms with van der Waals surface area (Å²) in [7, 11) is 0. The third-order valence-corrected chi connectivity index (χ3v) is 3.52. The van der Waals surface area contributed by atoms with Crippen molar-refractivity contribution in [1.82, 2.24) is 19.9 Å². The highest BCUT2D eigenvalue weighted by atomic mass is 16.5. The van der Waals surface area contributed by atoms with Crippen LogP contribution in [0, 0.1) is 5.92 Å². The van der Waals surface area contributed by atoms with Gasteiger partial charge in [-0.2, -0.15) is 9.97 Å². The maximum atomic E-state index is 5.89. The standard InChI is InChI=1S/C13H19N5O/c1-2-14-13-17-11-10(15-8-16-11)12(18-13)19-7-9-5-3-4-6-9/h8-9H,2-7H2,1H3,(H2,14,15,16,17,18). The van der Waals surface area contributed by atoms with Crippen LogP contribution in [-0.2, 0) is 0 Å². The Hall–Kier alpha value is -1.85. The van der Waals surface area contributed by atoms with Crippen LogP contribution in [0.25, 0.3) is 11.2 Å². The number of hydrogen-bond donors (Lipinski definition) is 2. The van der Waals surface area contributed by atoms with E-state index in [0.29, 0.717) is 23.4 Å². The number of aromatic nitrogens is 4. The lowest BCUT2D eigenvalue weighted by molar-refractivity contribution is 0.246. The molecule has 2 aromatic rings. The van der Waals surface area contributed by atoms with Crippen LogP contribution < -0.4 is 10.1 Å². The molecule has 6 nitrogen and oxygen atoms in total. The Morgan fingerprint density at radius 3 is 3.00 bits per heavy atom. The van der Waals surface area contributed by atoms with Crippen LogP contribution in [0.5, 0.6) is 5.88 Å². The number of hydrogen-bond acceptors (Lipinski definition) is 5. The van der Waals surface area contributed by atoms with Gasteiger partial charge in [0.05, 0.1) is 12.9 Å². The molecule has 0 unspecified atom stereocenters. The zero-order chi connectivity index (χ0) is 13.1. The molecule has 3 rings (SSSR count). The van der Waals surface area contributed by atoms with Gasteiger partial charge in [0.1, 0.15) is 5.52 Å². The van der Waals surface area contributed by atoms with Gasteiger partial charge < -0.3 is 15.0 Å². The second kappa shape index (κ2) is 5.42. The second-order valence-corrected chi connectivity index (χ2v) is 4.95. The average molecular weight is 261 g/mol. The van der Waals surface area contributed by atoms with E-state index >= 15 is 0 Å². The van der Waals surface area contributed by atoms with Crippen molar-refractivity contribution in [3.05, 3.63) is 6.33 Å². The van der Waals surface area contributed by atoms with E-state index in [1.807, 2.05) is 6.92 Å². The molecule has 2 N–H and O–H groups in total. The van der Waals surface area contributed by atoms with Crippen molar-refractivity contribution >= 4 is 17.1 Å². The third kappa shape index (κ3) is 2.62. The van der Waals surface area contributed by atoms with Crippen molar-refractivity contribution in [2.24, 2.45) is 5.92 Å². The van der Waals surface area contributed by atoms with Gasteiger partial charge in [0, 0.05) is 6.54 Å². The number of H-pyrrole nitrogens is 1. The summed E-state index contributed by atoms with van der Waals surface area (Å²) < 4.78 is 5.89. The Morgan fingerprint density at radius 1 is 1.37 bits per heavy atom. The minimum atomic E-state index is 0.573. The summed E-state index contributed by atoms with van der Waals surface area (Å²) in [6.07, 6.45) is 6.78. The van der Waals surface area contributed by atoms with Crippen LogP contribution >= 0.6 is 0 Å². The number of ether oxygens (including phenoxy) is 1. The molecular formula is C13H19N5O. The van der Waals surface area contributed by atoms with Crippen LogP contribution in [0.3, 0.4) is 0 Å². The summed E-state index contributed by atoms with van der Waals surface area (Å²) in [5.74, 6) is 1.84. The van der Waals surface area contributed by atoms with E-state index in [9.17, 15) is 0 Å². The summed E-state index contributed by atoms with van der Waals surface area (Å²) in [6.45, 7) is 3.52. The van der Waals surface area contributed by atoms with Crippen LogP contribution in [-0.4, -0.2) is 33.1 Å². The van der Waals surface area contributed by atoms with Crippen LogP contribution in [0.15, 0.2) is 6.33 Å². The van der Waals surface area contributed by atoms with Gasteiger partial charge in [-0.1, -0.05) is 12.8 Å². The zero-order valence-corrected chi connectivity index (χ0v) is 11.1. The summed E-state index contributed by atoms with van der Waals surface area (Å²) in [5, 5.41) is 3.10. The van der Waals surface area contributed by atoms with Gasteiger partial charge >= 0.3 is 0 Å². The Labute approximate surface area is 112 Å². The largest absolute Gasteiger partial charge is 0.476 e.